The van der Waals surface area contributed by atoms with Crippen molar-refractivity contribution in [3.05, 3.63) is 60.3 Å². The number of hydrogen-bond donors (Lipinski definition) is 0. The van der Waals surface area contributed by atoms with Gasteiger partial charge in [-0.15, -0.1) is 0 Å². The molecule has 0 amide bonds. The lowest BCUT2D eigenvalue weighted by Gasteiger charge is -2.02. The lowest BCUT2D eigenvalue weighted by molar-refractivity contribution is 0.640. The summed E-state index contributed by atoms with van der Waals surface area (Å²) >= 11 is 0. The van der Waals surface area contributed by atoms with Crippen LogP contribution in [0.4, 0.5) is 0 Å². The molecule has 0 aliphatic rings. The Morgan fingerprint density at radius 1 is 0.950 bits per heavy atom. The van der Waals surface area contributed by atoms with Crippen LogP contribution in [0, 0.1) is 6.92 Å². The van der Waals surface area contributed by atoms with Gasteiger partial charge in [-0.05, 0) is 30.7 Å². The number of pyridine rings is 2. The van der Waals surface area contributed by atoms with E-state index in [-0.39, 0.29) is 0 Å². The minimum absolute atomic E-state index is 0.642. The van der Waals surface area contributed by atoms with E-state index in [1.165, 1.54) is 0 Å². The average Bonchev–Trinajstić information content (AvgIpc) is 2.87. The van der Waals surface area contributed by atoms with E-state index in [4.69, 9.17) is 4.42 Å². The second kappa shape index (κ2) is 4.17. The molecule has 3 heterocycles. The van der Waals surface area contributed by atoms with Crippen molar-refractivity contribution in [2.45, 2.75) is 6.92 Å². The van der Waals surface area contributed by atoms with Crippen molar-refractivity contribution < 1.29 is 4.42 Å². The van der Waals surface area contributed by atoms with Crippen LogP contribution in [-0.4, -0.2) is 9.97 Å². The molecule has 3 aromatic heterocycles. The van der Waals surface area contributed by atoms with Gasteiger partial charge in [0, 0.05) is 11.8 Å². The molecule has 0 N–H and O–H groups in total. The standard InChI is InChI=1S/C17H12N2O/c1-11-10-14(12-6-3-2-4-7-12)19-17-15(11)13-8-5-9-18-16(13)20-17/h2-10H,1H3. The Morgan fingerprint density at radius 2 is 1.80 bits per heavy atom. The van der Waals surface area contributed by atoms with Gasteiger partial charge in [0.15, 0.2) is 0 Å². The maximum absolute atomic E-state index is 5.77. The van der Waals surface area contributed by atoms with E-state index in [1.54, 1.807) is 6.20 Å². The van der Waals surface area contributed by atoms with Gasteiger partial charge >= 0.3 is 0 Å². The predicted molar refractivity (Wildman–Crippen MR) is 79.5 cm³/mol. The molecule has 0 fully saturated rings. The molecule has 20 heavy (non-hydrogen) atoms. The van der Waals surface area contributed by atoms with Crippen molar-refractivity contribution in [2.24, 2.45) is 0 Å². The monoisotopic (exact) mass is 260 g/mol. The molecule has 0 aliphatic heterocycles. The highest BCUT2D eigenvalue weighted by molar-refractivity contribution is 6.04. The molecule has 1 aromatic carbocycles. The van der Waals surface area contributed by atoms with Gasteiger partial charge in [0.25, 0.3) is 0 Å². The lowest BCUT2D eigenvalue weighted by Crippen LogP contribution is -1.86. The molecular formula is C17H12N2O. The smallest absolute Gasteiger partial charge is 0.230 e. The summed E-state index contributed by atoms with van der Waals surface area (Å²) in [6, 6.07) is 16.2. The van der Waals surface area contributed by atoms with Gasteiger partial charge in [-0.2, -0.15) is 0 Å². The molecule has 0 spiro atoms. The summed E-state index contributed by atoms with van der Waals surface area (Å²) in [7, 11) is 0. The maximum atomic E-state index is 5.77. The molecule has 0 radical (unpaired) electrons. The third-order valence-corrected chi connectivity index (χ3v) is 3.49. The van der Waals surface area contributed by atoms with E-state index in [0.29, 0.717) is 11.4 Å². The minimum Gasteiger partial charge on any atom is -0.419 e. The van der Waals surface area contributed by atoms with Crippen LogP contribution in [0.1, 0.15) is 5.56 Å². The summed E-state index contributed by atoms with van der Waals surface area (Å²) in [4.78, 5) is 8.89. The zero-order valence-corrected chi connectivity index (χ0v) is 11.0. The SMILES string of the molecule is Cc1cc(-c2ccccc2)nc2oc3ncccc3c12. The highest BCUT2D eigenvalue weighted by Crippen LogP contribution is 2.31. The highest BCUT2D eigenvalue weighted by Gasteiger charge is 2.13. The molecule has 0 saturated heterocycles. The van der Waals surface area contributed by atoms with Crippen molar-refractivity contribution in [1.82, 2.24) is 9.97 Å². The van der Waals surface area contributed by atoms with E-state index in [9.17, 15) is 0 Å². The Bertz CT molecular complexity index is 910. The van der Waals surface area contributed by atoms with Crippen LogP contribution in [0.3, 0.4) is 0 Å². The van der Waals surface area contributed by atoms with Crippen molar-refractivity contribution in [2.75, 3.05) is 0 Å². The average molecular weight is 260 g/mol. The summed E-state index contributed by atoms with van der Waals surface area (Å²) in [6.07, 6.45) is 1.73. The normalized spacial score (nSPS) is 11.2. The third kappa shape index (κ3) is 1.60. The molecule has 0 atom stereocenters. The number of rotatable bonds is 1. The number of aromatic nitrogens is 2. The Balaban J connectivity index is 2.06. The topological polar surface area (TPSA) is 38.9 Å². The van der Waals surface area contributed by atoms with Crippen LogP contribution in [-0.2, 0) is 0 Å². The fourth-order valence-corrected chi connectivity index (χ4v) is 2.56. The molecule has 3 nitrogen and oxygen atoms in total. The van der Waals surface area contributed by atoms with Crippen molar-refractivity contribution in [1.29, 1.82) is 0 Å². The molecule has 4 aromatic rings. The van der Waals surface area contributed by atoms with Crippen LogP contribution in [0.2, 0.25) is 0 Å². The number of aryl methyl sites for hydroxylation is 1. The van der Waals surface area contributed by atoms with Crippen LogP contribution >= 0.6 is 0 Å². The fourth-order valence-electron chi connectivity index (χ4n) is 2.56. The second-order valence-corrected chi connectivity index (χ2v) is 4.83. The van der Waals surface area contributed by atoms with Crippen molar-refractivity contribution in [3.63, 3.8) is 0 Å². The molecule has 3 heteroatoms. The molecule has 0 aliphatic carbocycles. The van der Waals surface area contributed by atoms with Crippen LogP contribution < -0.4 is 0 Å². The second-order valence-electron chi connectivity index (χ2n) is 4.83. The maximum Gasteiger partial charge on any atom is 0.230 e. The van der Waals surface area contributed by atoms with Gasteiger partial charge in [-0.3, -0.25) is 0 Å². The summed E-state index contributed by atoms with van der Waals surface area (Å²) < 4.78 is 5.77. The molecule has 0 saturated carbocycles. The van der Waals surface area contributed by atoms with Crippen molar-refractivity contribution in [3.8, 4) is 11.3 Å². The first-order valence-corrected chi connectivity index (χ1v) is 6.53. The fraction of sp³-hybridized carbons (Fsp3) is 0.0588. The van der Waals surface area contributed by atoms with E-state index in [2.05, 4.69) is 35.1 Å². The molecular weight excluding hydrogens is 248 g/mol. The molecule has 96 valence electrons. The van der Waals surface area contributed by atoms with E-state index >= 15 is 0 Å². The zero-order valence-electron chi connectivity index (χ0n) is 11.0. The van der Waals surface area contributed by atoms with Gasteiger partial charge in [0.1, 0.15) is 0 Å². The van der Waals surface area contributed by atoms with Gasteiger partial charge in [0.2, 0.25) is 11.4 Å². The first kappa shape index (κ1) is 11.2. The van der Waals surface area contributed by atoms with Gasteiger partial charge in [-0.1, -0.05) is 30.3 Å². The summed E-state index contributed by atoms with van der Waals surface area (Å²) in [5, 5.41) is 2.07. The number of furan rings is 1. The van der Waals surface area contributed by atoms with Crippen LogP contribution in [0.5, 0.6) is 0 Å². The highest BCUT2D eigenvalue weighted by atomic mass is 16.3. The van der Waals surface area contributed by atoms with Gasteiger partial charge < -0.3 is 4.42 Å². The number of hydrogen-bond acceptors (Lipinski definition) is 3. The van der Waals surface area contributed by atoms with E-state index in [0.717, 1.165) is 27.6 Å². The lowest BCUT2D eigenvalue weighted by atomic mass is 10.1. The van der Waals surface area contributed by atoms with E-state index in [1.807, 2.05) is 30.3 Å². The van der Waals surface area contributed by atoms with Gasteiger partial charge in [0.05, 0.1) is 16.5 Å². The summed E-state index contributed by atoms with van der Waals surface area (Å²) in [5.74, 6) is 0. The molecule has 4 rings (SSSR count). The largest absolute Gasteiger partial charge is 0.419 e. The first-order chi connectivity index (χ1) is 9.83. The Hall–Kier alpha value is -2.68. The van der Waals surface area contributed by atoms with Crippen LogP contribution in [0.25, 0.3) is 33.5 Å². The third-order valence-electron chi connectivity index (χ3n) is 3.49. The predicted octanol–water partition coefficient (Wildman–Crippen LogP) is 4.35. The number of benzene rings is 1. The summed E-state index contributed by atoms with van der Waals surface area (Å²) in [6.45, 7) is 2.08. The van der Waals surface area contributed by atoms with Crippen molar-refractivity contribution >= 4 is 22.2 Å². The Kier molecular flexibility index (Phi) is 2.33. The quantitative estimate of drug-likeness (QED) is 0.510. The zero-order chi connectivity index (χ0) is 13.5. The van der Waals surface area contributed by atoms with Crippen LogP contribution in [0.15, 0.2) is 59.1 Å². The minimum atomic E-state index is 0.642. The number of nitrogens with zero attached hydrogens (tertiary/aromatic N) is 2. The summed E-state index contributed by atoms with van der Waals surface area (Å²) in [5.41, 5.74) is 4.46. The Labute approximate surface area is 115 Å². The van der Waals surface area contributed by atoms with E-state index < -0.39 is 0 Å². The first-order valence-electron chi connectivity index (χ1n) is 6.53. The molecule has 0 unspecified atom stereocenters. The number of fused-ring (bicyclic) bond motifs is 3. The Morgan fingerprint density at radius 3 is 2.65 bits per heavy atom. The molecule has 0 bridgehead atoms. The van der Waals surface area contributed by atoms with Gasteiger partial charge in [-0.25, -0.2) is 9.97 Å².